The number of aromatic nitrogens is 2. The molecule has 0 aliphatic heterocycles. The average Bonchev–Trinajstić information content (AvgIpc) is 2.81. The largest absolute Gasteiger partial charge is 0.290 e. The second-order valence-electron chi connectivity index (χ2n) is 7.39. The Labute approximate surface area is 132 Å². The summed E-state index contributed by atoms with van der Waals surface area (Å²) in [4.78, 5) is 24.6. The van der Waals surface area contributed by atoms with Gasteiger partial charge in [0.2, 0.25) is 0 Å². The van der Waals surface area contributed by atoms with Crippen molar-refractivity contribution in [2.75, 3.05) is 0 Å². The second-order valence-corrected chi connectivity index (χ2v) is 16.9. The van der Waals surface area contributed by atoms with Gasteiger partial charge in [-0.3, -0.25) is 14.1 Å². The van der Waals surface area contributed by atoms with Gasteiger partial charge in [0.1, 0.15) is 27.3 Å². The molecule has 114 valence electrons. The molecular formula is C16H20N2O2Si2. The molecule has 0 bridgehead atoms. The van der Waals surface area contributed by atoms with Gasteiger partial charge in [-0.15, -0.1) is 11.1 Å². The highest BCUT2D eigenvalue weighted by molar-refractivity contribution is 6.84. The molecule has 0 amide bonds. The quantitative estimate of drug-likeness (QED) is 0.545. The molecule has 4 nitrogen and oxygen atoms in total. The van der Waals surface area contributed by atoms with Crippen LogP contribution in [-0.4, -0.2) is 25.2 Å². The van der Waals surface area contributed by atoms with Crippen LogP contribution in [0.4, 0.5) is 0 Å². The van der Waals surface area contributed by atoms with Gasteiger partial charge in [-0.05, 0) is 0 Å². The molecule has 0 saturated heterocycles. The smallest absolute Gasteiger partial charge is 0.266 e. The van der Waals surface area contributed by atoms with E-state index in [1.54, 1.807) is 12.4 Å². The SMILES string of the molecule is C[Si](C)(C)C#Cc1cn2cc(C#C[Si](C)(C)C)c(=O)n2c1=O. The Balaban J connectivity index is 2.56. The van der Waals surface area contributed by atoms with Crippen molar-refractivity contribution in [1.82, 2.24) is 9.03 Å². The van der Waals surface area contributed by atoms with Gasteiger partial charge in [-0.25, -0.2) is 0 Å². The van der Waals surface area contributed by atoms with Crippen LogP contribution in [0.5, 0.6) is 0 Å². The topological polar surface area (TPSA) is 43.0 Å². The number of rotatable bonds is 0. The van der Waals surface area contributed by atoms with E-state index in [0.29, 0.717) is 11.1 Å². The van der Waals surface area contributed by atoms with Crippen LogP contribution in [0.2, 0.25) is 39.3 Å². The number of nitrogens with zero attached hydrogens (tertiary/aromatic N) is 2. The van der Waals surface area contributed by atoms with Crippen molar-refractivity contribution in [3.63, 3.8) is 0 Å². The van der Waals surface area contributed by atoms with Crippen LogP contribution in [0.15, 0.2) is 22.0 Å². The van der Waals surface area contributed by atoms with Crippen molar-refractivity contribution in [3.8, 4) is 22.9 Å². The fraction of sp³-hybridized carbons (Fsp3) is 0.375. The summed E-state index contributed by atoms with van der Waals surface area (Å²) in [5.41, 5.74) is 6.30. The van der Waals surface area contributed by atoms with Crippen molar-refractivity contribution in [2.45, 2.75) is 39.3 Å². The summed E-state index contributed by atoms with van der Waals surface area (Å²) < 4.78 is 2.59. The maximum absolute atomic E-state index is 12.3. The first-order chi connectivity index (χ1) is 9.98. The van der Waals surface area contributed by atoms with Crippen LogP contribution >= 0.6 is 0 Å². The highest BCUT2D eigenvalue weighted by atomic mass is 28.3. The van der Waals surface area contributed by atoms with E-state index >= 15 is 0 Å². The van der Waals surface area contributed by atoms with E-state index in [0.717, 1.165) is 4.52 Å². The third-order valence-electron chi connectivity index (χ3n) is 2.74. The lowest BCUT2D eigenvalue weighted by atomic mass is 10.3. The molecule has 0 spiro atoms. The molecule has 2 heterocycles. The Morgan fingerprint density at radius 2 is 1.14 bits per heavy atom. The fourth-order valence-corrected chi connectivity index (χ4v) is 2.76. The molecule has 0 atom stereocenters. The average molecular weight is 329 g/mol. The summed E-state index contributed by atoms with van der Waals surface area (Å²) in [6, 6.07) is 0. The third-order valence-corrected chi connectivity index (χ3v) is 4.49. The van der Waals surface area contributed by atoms with E-state index in [-0.39, 0.29) is 11.1 Å². The minimum Gasteiger partial charge on any atom is -0.266 e. The molecule has 6 heteroatoms. The van der Waals surface area contributed by atoms with Crippen molar-refractivity contribution < 1.29 is 0 Å². The molecule has 2 aromatic rings. The highest BCUT2D eigenvalue weighted by Crippen LogP contribution is 2.00. The lowest BCUT2D eigenvalue weighted by Gasteiger charge is -2.02. The van der Waals surface area contributed by atoms with Gasteiger partial charge in [0.05, 0.1) is 0 Å². The standard InChI is InChI=1S/C16H20N2O2Si2/c1-21(2,3)9-7-13-11-17-12-14(8-10-22(4,5)6)16(20)18(17)15(13)19/h11-12H,1-6H3. The zero-order valence-electron chi connectivity index (χ0n) is 13.9. The van der Waals surface area contributed by atoms with Crippen LogP contribution in [0, 0.1) is 22.9 Å². The number of hydrogen-bond acceptors (Lipinski definition) is 2. The van der Waals surface area contributed by atoms with Gasteiger partial charge >= 0.3 is 0 Å². The minimum atomic E-state index is -1.56. The number of fused-ring (bicyclic) bond motifs is 1. The van der Waals surface area contributed by atoms with E-state index in [1.165, 1.54) is 4.52 Å². The number of hydrogen-bond donors (Lipinski definition) is 0. The first-order valence-corrected chi connectivity index (χ1v) is 14.1. The fourth-order valence-electron chi connectivity index (χ4n) is 1.74. The van der Waals surface area contributed by atoms with Gasteiger partial charge in [0.15, 0.2) is 0 Å². The molecule has 2 rings (SSSR count). The molecule has 22 heavy (non-hydrogen) atoms. The molecule has 0 aliphatic carbocycles. The van der Waals surface area contributed by atoms with Gasteiger partial charge < -0.3 is 0 Å². The predicted molar refractivity (Wildman–Crippen MR) is 95.0 cm³/mol. The maximum Gasteiger partial charge on any atom is 0.290 e. The van der Waals surface area contributed by atoms with Gasteiger partial charge in [-0.1, -0.05) is 51.1 Å². The first kappa shape index (κ1) is 16.3. The van der Waals surface area contributed by atoms with E-state index in [2.05, 4.69) is 62.2 Å². The molecule has 0 saturated carbocycles. The highest BCUT2D eigenvalue weighted by Gasteiger charge is 2.14. The maximum atomic E-state index is 12.3. The normalized spacial score (nSPS) is 11.7. The van der Waals surface area contributed by atoms with Crippen LogP contribution in [0.1, 0.15) is 11.1 Å². The van der Waals surface area contributed by atoms with E-state index in [1.807, 2.05) is 0 Å². The molecule has 0 aliphatic rings. The molecule has 0 radical (unpaired) electrons. The molecule has 0 aromatic carbocycles. The van der Waals surface area contributed by atoms with E-state index in [9.17, 15) is 9.59 Å². The zero-order valence-corrected chi connectivity index (χ0v) is 15.9. The predicted octanol–water partition coefficient (Wildman–Crippen LogP) is 1.65. The Bertz CT molecular complexity index is 873. The minimum absolute atomic E-state index is 0.364. The second kappa shape index (κ2) is 5.31. The van der Waals surface area contributed by atoms with Gasteiger partial charge in [0.25, 0.3) is 11.1 Å². The lowest BCUT2D eigenvalue weighted by molar-refractivity contribution is 0.805. The molecule has 0 N–H and O–H groups in total. The first-order valence-electron chi connectivity index (χ1n) is 7.15. The van der Waals surface area contributed by atoms with Crippen LogP contribution < -0.4 is 11.1 Å². The van der Waals surface area contributed by atoms with Crippen LogP contribution in [0.3, 0.4) is 0 Å². The Morgan fingerprint density at radius 3 is 1.41 bits per heavy atom. The van der Waals surface area contributed by atoms with Crippen LogP contribution in [0.25, 0.3) is 0 Å². The monoisotopic (exact) mass is 328 g/mol. The summed E-state index contributed by atoms with van der Waals surface area (Å²) in [7, 11) is -3.13. The van der Waals surface area contributed by atoms with E-state index < -0.39 is 16.1 Å². The van der Waals surface area contributed by atoms with Crippen molar-refractivity contribution in [3.05, 3.63) is 44.2 Å². The van der Waals surface area contributed by atoms with Crippen molar-refractivity contribution >= 4 is 16.1 Å². The van der Waals surface area contributed by atoms with Crippen molar-refractivity contribution in [1.29, 1.82) is 0 Å². The van der Waals surface area contributed by atoms with Crippen LogP contribution in [-0.2, 0) is 0 Å². The molecular weight excluding hydrogens is 308 g/mol. The van der Waals surface area contributed by atoms with E-state index in [4.69, 9.17) is 0 Å². The summed E-state index contributed by atoms with van der Waals surface area (Å²) in [5.74, 6) is 5.84. The third kappa shape index (κ3) is 3.59. The summed E-state index contributed by atoms with van der Waals surface area (Å²) in [6.45, 7) is 12.6. The zero-order chi connectivity index (χ0) is 16.7. The summed E-state index contributed by atoms with van der Waals surface area (Å²) in [6.07, 6.45) is 3.22. The van der Waals surface area contributed by atoms with Gasteiger partial charge in [-0.2, -0.15) is 4.52 Å². The summed E-state index contributed by atoms with van der Waals surface area (Å²) >= 11 is 0. The molecule has 2 aromatic heterocycles. The summed E-state index contributed by atoms with van der Waals surface area (Å²) in [5, 5.41) is 0. The lowest BCUT2D eigenvalue weighted by Crippen LogP contribution is -2.24. The van der Waals surface area contributed by atoms with Crippen molar-refractivity contribution in [2.24, 2.45) is 0 Å². The molecule has 0 fully saturated rings. The Kier molecular flexibility index (Phi) is 3.95. The molecule has 0 unspecified atom stereocenters. The Morgan fingerprint density at radius 1 is 0.773 bits per heavy atom. The van der Waals surface area contributed by atoms with Gasteiger partial charge in [0, 0.05) is 12.4 Å². The Hall–Kier alpha value is -2.03.